The molecule has 1 aromatic rings. The number of nitrogens with zero attached hydrogens (tertiary/aromatic N) is 1. The third-order valence-electron chi connectivity index (χ3n) is 4.27. The first kappa shape index (κ1) is 17.4. The van der Waals surface area contributed by atoms with E-state index in [9.17, 15) is 9.59 Å². The van der Waals surface area contributed by atoms with E-state index in [0.29, 0.717) is 26.2 Å². The van der Waals surface area contributed by atoms with Gasteiger partial charge in [-0.05, 0) is 31.4 Å². The molecular formula is C17H25N3O3. The molecule has 0 aromatic heterocycles. The zero-order valence-electron chi connectivity index (χ0n) is 14.0. The number of amides is 3. The largest absolute Gasteiger partial charge is 0.378 e. The number of imide groups is 1. The van der Waals surface area contributed by atoms with Gasteiger partial charge in [-0.25, -0.2) is 4.79 Å². The van der Waals surface area contributed by atoms with Crippen LogP contribution in [0.25, 0.3) is 0 Å². The predicted molar refractivity (Wildman–Crippen MR) is 88.0 cm³/mol. The van der Waals surface area contributed by atoms with Crippen LogP contribution >= 0.6 is 0 Å². The molecule has 1 aromatic carbocycles. The minimum atomic E-state index is -0.983. The Hall–Kier alpha value is -1.92. The Morgan fingerprint density at radius 2 is 2.00 bits per heavy atom. The highest BCUT2D eigenvalue weighted by atomic mass is 16.5. The Morgan fingerprint density at radius 3 is 2.61 bits per heavy atom. The van der Waals surface area contributed by atoms with Crippen LogP contribution in [0.2, 0.25) is 0 Å². The molecule has 126 valence electrons. The van der Waals surface area contributed by atoms with Crippen LogP contribution in [-0.2, 0) is 15.1 Å². The summed E-state index contributed by atoms with van der Waals surface area (Å²) >= 11 is 0. The Morgan fingerprint density at radius 1 is 1.26 bits per heavy atom. The van der Waals surface area contributed by atoms with Crippen LogP contribution in [-0.4, -0.2) is 43.1 Å². The van der Waals surface area contributed by atoms with Crippen LogP contribution < -0.4 is 11.1 Å². The number of ether oxygens (including phenoxy) is 1. The molecule has 1 aliphatic rings. The topological polar surface area (TPSA) is 84.7 Å². The minimum absolute atomic E-state index is 0.215. The second-order valence-electron chi connectivity index (χ2n) is 5.87. The van der Waals surface area contributed by atoms with Crippen LogP contribution in [0.15, 0.2) is 18.2 Å². The van der Waals surface area contributed by atoms with Gasteiger partial charge in [0.15, 0.2) is 0 Å². The summed E-state index contributed by atoms with van der Waals surface area (Å²) in [7, 11) is 0. The number of urea groups is 1. The second kappa shape index (κ2) is 7.10. The van der Waals surface area contributed by atoms with E-state index >= 15 is 0 Å². The number of nitrogens with two attached hydrogens (primary N) is 1. The Balaban J connectivity index is 2.26. The summed E-state index contributed by atoms with van der Waals surface area (Å²) < 4.78 is 5.29. The number of rotatable bonds is 7. The van der Waals surface area contributed by atoms with E-state index < -0.39 is 5.54 Å². The number of carbonyl (C=O) groups excluding carboxylic acids is 2. The van der Waals surface area contributed by atoms with Gasteiger partial charge in [0.2, 0.25) is 0 Å². The normalized spacial score (nSPS) is 21.0. The molecule has 1 fully saturated rings. The fourth-order valence-corrected chi connectivity index (χ4v) is 3.08. The molecule has 6 nitrogen and oxygen atoms in total. The van der Waals surface area contributed by atoms with E-state index in [4.69, 9.17) is 10.5 Å². The van der Waals surface area contributed by atoms with Gasteiger partial charge in [0.25, 0.3) is 5.91 Å². The molecule has 1 aliphatic heterocycles. The van der Waals surface area contributed by atoms with Gasteiger partial charge in [-0.2, -0.15) is 0 Å². The van der Waals surface area contributed by atoms with Gasteiger partial charge < -0.3 is 15.8 Å². The van der Waals surface area contributed by atoms with Crippen LogP contribution in [0.3, 0.4) is 0 Å². The maximum absolute atomic E-state index is 12.9. The minimum Gasteiger partial charge on any atom is -0.378 e. The van der Waals surface area contributed by atoms with Crippen LogP contribution in [0.5, 0.6) is 0 Å². The summed E-state index contributed by atoms with van der Waals surface area (Å²) in [6.07, 6.45) is 0.502. The highest BCUT2D eigenvalue weighted by Crippen LogP contribution is 2.34. The molecule has 0 bridgehead atoms. The van der Waals surface area contributed by atoms with Crippen molar-refractivity contribution >= 4 is 11.9 Å². The van der Waals surface area contributed by atoms with Gasteiger partial charge in [-0.3, -0.25) is 9.69 Å². The van der Waals surface area contributed by atoms with Crippen molar-refractivity contribution in [2.24, 2.45) is 5.73 Å². The molecular weight excluding hydrogens is 294 g/mol. The lowest BCUT2D eigenvalue weighted by Crippen LogP contribution is -2.44. The summed E-state index contributed by atoms with van der Waals surface area (Å²) in [6, 6.07) is 5.56. The van der Waals surface area contributed by atoms with E-state index in [-0.39, 0.29) is 18.5 Å². The van der Waals surface area contributed by atoms with Crippen molar-refractivity contribution in [3.8, 4) is 0 Å². The molecule has 1 atom stereocenters. The maximum atomic E-state index is 12.9. The van der Waals surface area contributed by atoms with E-state index in [0.717, 1.165) is 16.7 Å². The van der Waals surface area contributed by atoms with Gasteiger partial charge >= 0.3 is 6.03 Å². The average molecular weight is 319 g/mol. The van der Waals surface area contributed by atoms with Crippen molar-refractivity contribution in [2.45, 2.75) is 32.7 Å². The zero-order chi connectivity index (χ0) is 17.0. The monoisotopic (exact) mass is 319 g/mol. The van der Waals surface area contributed by atoms with Gasteiger partial charge in [0.05, 0.1) is 19.8 Å². The molecule has 6 heteroatoms. The van der Waals surface area contributed by atoms with E-state index in [1.54, 1.807) is 0 Å². The second-order valence-corrected chi connectivity index (χ2v) is 5.87. The molecule has 0 spiro atoms. The zero-order valence-corrected chi connectivity index (χ0v) is 14.0. The number of carbonyl (C=O) groups is 2. The van der Waals surface area contributed by atoms with Crippen molar-refractivity contribution in [1.82, 2.24) is 10.2 Å². The SMILES string of the molecule is CCC1(c2ccc(C)cc2C)NC(=O)N(CCOCCN)C1=O. The number of benzene rings is 1. The van der Waals surface area contributed by atoms with E-state index in [1.165, 1.54) is 4.90 Å². The molecule has 1 heterocycles. The lowest BCUT2D eigenvalue weighted by Gasteiger charge is -2.27. The maximum Gasteiger partial charge on any atom is 0.325 e. The van der Waals surface area contributed by atoms with E-state index in [1.807, 2.05) is 39.0 Å². The lowest BCUT2D eigenvalue weighted by molar-refractivity contribution is -0.132. The Kier molecular flexibility index (Phi) is 5.38. The van der Waals surface area contributed by atoms with Crippen molar-refractivity contribution < 1.29 is 14.3 Å². The van der Waals surface area contributed by atoms with Gasteiger partial charge in [-0.1, -0.05) is 30.7 Å². The number of hydrogen-bond acceptors (Lipinski definition) is 4. The molecule has 0 saturated carbocycles. The van der Waals surface area contributed by atoms with Crippen molar-refractivity contribution in [3.05, 3.63) is 34.9 Å². The van der Waals surface area contributed by atoms with Crippen molar-refractivity contribution in [1.29, 1.82) is 0 Å². The van der Waals surface area contributed by atoms with Gasteiger partial charge in [-0.15, -0.1) is 0 Å². The molecule has 0 aliphatic carbocycles. The van der Waals surface area contributed by atoms with Crippen LogP contribution in [0, 0.1) is 13.8 Å². The number of hydrogen-bond donors (Lipinski definition) is 2. The number of aryl methyl sites for hydroxylation is 2. The molecule has 1 saturated heterocycles. The molecule has 0 radical (unpaired) electrons. The Bertz CT molecular complexity index is 603. The fraction of sp³-hybridized carbons (Fsp3) is 0.529. The molecule has 1 unspecified atom stereocenters. The van der Waals surface area contributed by atoms with Crippen LogP contribution in [0.4, 0.5) is 4.79 Å². The van der Waals surface area contributed by atoms with Crippen molar-refractivity contribution in [3.63, 3.8) is 0 Å². The molecule has 2 rings (SSSR count). The summed E-state index contributed by atoms with van der Waals surface area (Å²) in [5.41, 5.74) is 7.36. The fourth-order valence-electron chi connectivity index (χ4n) is 3.08. The first-order chi connectivity index (χ1) is 11.0. The average Bonchev–Trinajstić information content (AvgIpc) is 2.76. The number of nitrogens with one attached hydrogen (secondary N) is 1. The third kappa shape index (κ3) is 3.23. The summed E-state index contributed by atoms with van der Waals surface area (Å²) in [5, 5.41) is 2.89. The molecule has 3 amide bonds. The van der Waals surface area contributed by atoms with Gasteiger partial charge in [0.1, 0.15) is 5.54 Å². The third-order valence-corrected chi connectivity index (χ3v) is 4.27. The smallest absolute Gasteiger partial charge is 0.325 e. The van der Waals surface area contributed by atoms with Crippen LogP contribution in [0.1, 0.15) is 30.0 Å². The molecule has 3 N–H and O–H groups in total. The molecule has 23 heavy (non-hydrogen) atoms. The lowest BCUT2D eigenvalue weighted by atomic mass is 9.84. The van der Waals surface area contributed by atoms with Crippen molar-refractivity contribution in [2.75, 3.05) is 26.3 Å². The summed E-state index contributed by atoms with van der Waals surface area (Å²) in [4.78, 5) is 26.5. The first-order valence-corrected chi connectivity index (χ1v) is 7.96. The Labute approximate surface area is 137 Å². The summed E-state index contributed by atoms with van der Waals surface area (Å²) in [5.74, 6) is -0.215. The highest BCUT2D eigenvalue weighted by molar-refractivity contribution is 6.07. The van der Waals surface area contributed by atoms with E-state index in [2.05, 4.69) is 5.32 Å². The standard InChI is InChI=1S/C17H25N3O3/c1-4-17(14-6-5-12(2)11-13(14)3)15(21)20(16(22)19-17)8-10-23-9-7-18/h5-6,11H,4,7-10,18H2,1-3H3,(H,19,22). The highest BCUT2D eigenvalue weighted by Gasteiger charge is 2.51. The quantitative estimate of drug-likeness (QED) is 0.588. The first-order valence-electron chi connectivity index (χ1n) is 7.96. The summed E-state index contributed by atoms with van der Waals surface area (Å²) in [6.45, 7) is 7.24. The van der Waals surface area contributed by atoms with Gasteiger partial charge in [0, 0.05) is 6.54 Å². The predicted octanol–water partition coefficient (Wildman–Crippen LogP) is 1.44.